The topological polar surface area (TPSA) is 12.0 Å². The molecule has 1 saturated carbocycles. The van der Waals surface area contributed by atoms with Crippen LogP contribution in [-0.4, -0.2) is 6.54 Å². The maximum absolute atomic E-state index is 3.64. The Morgan fingerprint density at radius 3 is 2.62 bits per heavy atom. The van der Waals surface area contributed by atoms with Gasteiger partial charge in [-0.1, -0.05) is 26.2 Å². The predicted octanol–water partition coefficient (Wildman–Crippen LogP) is 4.12. The molecule has 1 aliphatic rings. The molecule has 0 unspecified atom stereocenters. The van der Waals surface area contributed by atoms with E-state index >= 15 is 0 Å². The van der Waals surface area contributed by atoms with Crippen molar-refractivity contribution in [1.82, 2.24) is 5.32 Å². The van der Waals surface area contributed by atoms with E-state index in [4.69, 9.17) is 0 Å². The first-order valence-corrected chi connectivity index (χ1v) is 7.26. The minimum absolute atomic E-state index is 0.560. The van der Waals surface area contributed by atoms with Crippen LogP contribution in [0.4, 0.5) is 0 Å². The highest BCUT2D eigenvalue weighted by Crippen LogP contribution is 2.35. The Bertz CT molecular complexity index is 323. The van der Waals surface area contributed by atoms with Gasteiger partial charge in [-0.3, -0.25) is 0 Å². The van der Waals surface area contributed by atoms with Gasteiger partial charge in [0.25, 0.3) is 0 Å². The summed E-state index contributed by atoms with van der Waals surface area (Å²) < 4.78 is 0. The lowest BCUT2D eigenvalue weighted by Gasteiger charge is -2.33. The highest BCUT2D eigenvalue weighted by molar-refractivity contribution is 7.11. The lowest BCUT2D eigenvalue weighted by molar-refractivity contribution is 0.208. The summed E-state index contributed by atoms with van der Waals surface area (Å²) in [7, 11) is 0. The van der Waals surface area contributed by atoms with Crippen molar-refractivity contribution in [2.75, 3.05) is 6.54 Å². The van der Waals surface area contributed by atoms with Crippen molar-refractivity contribution in [3.05, 3.63) is 21.9 Å². The van der Waals surface area contributed by atoms with Gasteiger partial charge in [0, 0.05) is 22.8 Å². The van der Waals surface area contributed by atoms with E-state index in [0.29, 0.717) is 5.41 Å². The first-order chi connectivity index (χ1) is 7.68. The molecule has 90 valence electrons. The Labute approximate surface area is 103 Å². The predicted molar refractivity (Wildman–Crippen MR) is 72.0 cm³/mol. The lowest BCUT2D eigenvalue weighted by Crippen LogP contribution is -2.33. The summed E-state index contributed by atoms with van der Waals surface area (Å²) in [5, 5.41) is 3.64. The van der Waals surface area contributed by atoms with E-state index in [0.717, 1.165) is 6.54 Å². The average molecular weight is 237 g/mol. The maximum atomic E-state index is 3.64. The standard InChI is InChI=1S/C14H23NS/c1-12-6-7-13(16-12)10-15-11-14(2)8-4-3-5-9-14/h6-7,15H,3-5,8-11H2,1-2H3. The molecular formula is C14H23NS. The molecule has 1 nitrogen and oxygen atoms in total. The van der Waals surface area contributed by atoms with Crippen molar-refractivity contribution in [1.29, 1.82) is 0 Å². The van der Waals surface area contributed by atoms with Crippen molar-refractivity contribution in [2.24, 2.45) is 5.41 Å². The zero-order chi connectivity index (χ0) is 11.4. The molecule has 1 N–H and O–H groups in total. The van der Waals surface area contributed by atoms with Crippen LogP contribution in [0.1, 0.15) is 48.8 Å². The molecule has 1 aliphatic carbocycles. The second-order valence-corrected chi connectivity index (χ2v) is 6.86. The van der Waals surface area contributed by atoms with Gasteiger partial charge in [0.1, 0.15) is 0 Å². The molecule has 0 amide bonds. The molecule has 1 fully saturated rings. The van der Waals surface area contributed by atoms with Crippen molar-refractivity contribution >= 4 is 11.3 Å². The number of nitrogens with one attached hydrogen (secondary N) is 1. The number of hydrogen-bond donors (Lipinski definition) is 1. The maximum Gasteiger partial charge on any atom is 0.0300 e. The van der Waals surface area contributed by atoms with Gasteiger partial charge in [-0.05, 0) is 37.3 Å². The summed E-state index contributed by atoms with van der Waals surface area (Å²) in [6.45, 7) is 6.85. The molecule has 0 aliphatic heterocycles. The van der Waals surface area contributed by atoms with Gasteiger partial charge in [-0.15, -0.1) is 11.3 Å². The van der Waals surface area contributed by atoms with E-state index in [1.807, 2.05) is 11.3 Å². The van der Waals surface area contributed by atoms with Gasteiger partial charge in [0.05, 0.1) is 0 Å². The van der Waals surface area contributed by atoms with Crippen LogP contribution in [0, 0.1) is 12.3 Å². The Hall–Kier alpha value is -0.340. The van der Waals surface area contributed by atoms with Crippen LogP contribution in [0.5, 0.6) is 0 Å². The Kier molecular flexibility index (Phi) is 4.04. The third-order valence-corrected chi connectivity index (χ3v) is 4.71. The minimum Gasteiger partial charge on any atom is -0.311 e. The summed E-state index contributed by atoms with van der Waals surface area (Å²) in [4.78, 5) is 2.89. The molecule has 0 atom stereocenters. The fourth-order valence-electron chi connectivity index (χ4n) is 2.65. The molecule has 0 spiro atoms. The average Bonchev–Trinajstić information content (AvgIpc) is 2.65. The number of rotatable bonds is 4. The molecule has 0 saturated heterocycles. The number of thiophene rings is 1. The molecular weight excluding hydrogens is 214 g/mol. The third-order valence-electron chi connectivity index (χ3n) is 3.71. The first-order valence-electron chi connectivity index (χ1n) is 6.44. The summed E-state index contributed by atoms with van der Waals surface area (Å²) in [6.07, 6.45) is 7.11. The highest BCUT2D eigenvalue weighted by atomic mass is 32.1. The van der Waals surface area contributed by atoms with Gasteiger partial charge in [-0.25, -0.2) is 0 Å². The van der Waals surface area contributed by atoms with Crippen molar-refractivity contribution in [3.63, 3.8) is 0 Å². The second kappa shape index (κ2) is 5.33. The fourth-order valence-corrected chi connectivity index (χ4v) is 3.51. The Morgan fingerprint density at radius 1 is 1.25 bits per heavy atom. The van der Waals surface area contributed by atoms with E-state index in [9.17, 15) is 0 Å². The third kappa shape index (κ3) is 3.33. The fraction of sp³-hybridized carbons (Fsp3) is 0.714. The molecule has 0 aromatic carbocycles. The van der Waals surface area contributed by atoms with Crippen LogP contribution in [-0.2, 0) is 6.54 Å². The molecule has 0 radical (unpaired) electrons. The normalized spacial score (nSPS) is 19.9. The van der Waals surface area contributed by atoms with E-state index in [2.05, 4.69) is 31.3 Å². The van der Waals surface area contributed by atoms with Crippen LogP contribution in [0.2, 0.25) is 0 Å². The monoisotopic (exact) mass is 237 g/mol. The Morgan fingerprint density at radius 2 is 2.00 bits per heavy atom. The van der Waals surface area contributed by atoms with E-state index < -0.39 is 0 Å². The number of hydrogen-bond acceptors (Lipinski definition) is 2. The summed E-state index contributed by atoms with van der Waals surface area (Å²) in [5.41, 5.74) is 0.560. The van der Waals surface area contributed by atoms with E-state index in [1.54, 1.807) is 0 Å². The molecule has 1 heterocycles. The van der Waals surface area contributed by atoms with Gasteiger partial charge in [0.2, 0.25) is 0 Å². The zero-order valence-corrected chi connectivity index (χ0v) is 11.3. The molecule has 2 rings (SSSR count). The van der Waals surface area contributed by atoms with Crippen LogP contribution in [0.25, 0.3) is 0 Å². The molecule has 1 aromatic heterocycles. The van der Waals surface area contributed by atoms with Crippen molar-refractivity contribution < 1.29 is 0 Å². The molecule has 16 heavy (non-hydrogen) atoms. The van der Waals surface area contributed by atoms with Crippen molar-refractivity contribution in [2.45, 2.75) is 52.5 Å². The van der Waals surface area contributed by atoms with E-state index in [-0.39, 0.29) is 0 Å². The summed E-state index contributed by atoms with van der Waals surface area (Å²) in [5.74, 6) is 0. The molecule has 0 bridgehead atoms. The SMILES string of the molecule is Cc1ccc(CNCC2(C)CCCCC2)s1. The highest BCUT2D eigenvalue weighted by Gasteiger charge is 2.25. The minimum atomic E-state index is 0.560. The van der Waals surface area contributed by atoms with Crippen molar-refractivity contribution in [3.8, 4) is 0 Å². The first kappa shape index (κ1) is 12.1. The zero-order valence-electron chi connectivity index (χ0n) is 10.5. The molecule has 2 heteroatoms. The summed E-state index contributed by atoms with van der Waals surface area (Å²) in [6, 6.07) is 4.46. The van der Waals surface area contributed by atoms with Gasteiger partial charge in [-0.2, -0.15) is 0 Å². The second-order valence-electron chi connectivity index (χ2n) is 5.49. The largest absolute Gasteiger partial charge is 0.311 e. The lowest BCUT2D eigenvalue weighted by atomic mass is 9.76. The van der Waals surface area contributed by atoms with E-state index in [1.165, 1.54) is 48.4 Å². The van der Waals surface area contributed by atoms with Crippen LogP contribution in [0.15, 0.2) is 12.1 Å². The van der Waals surface area contributed by atoms with Crippen LogP contribution < -0.4 is 5.32 Å². The summed E-state index contributed by atoms with van der Waals surface area (Å²) >= 11 is 1.91. The van der Waals surface area contributed by atoms with Gasteiger partial charge < -0.3 is 5.32 Å². The van der Waals surface area contributed by atoms with Gasteiger partial charge >= 0.3 is 0 Å². The molecule has 1 aromatic rings. The quantitative estimate of drug-likeness (QED) is 0.830. The van der Waals surface area contributed by atoms with Crippen LogP contribution >= 0.6 is 11.3 Å². The van der Waals surface area contributed by atoms with Gasteiger partial charge in [0.15, 0.2) is 0 Å². The number of aryl methyl sites for hydroxylation is 1. The smallest absolute Gasteiger partial charge is 0.0300 e. The Balaban J connectivity index is 1.74. The van der Waals surface area contributed by atoms with Crippen LogP contribution in [0.3, 0.4) is 0 Å².